The molecular weight excluding hydrogens is 397 g/mol. The SMILES string of the molecule is CN(C(=O)C1CC2CCCCC2N1C(=O)c1cccc(Cl)c1)C1CCNC1.Cl. The van der Waals surface area contributed by atoms with Crippen LogP contribution in [0.25, 0.3) is 0 Å². The van der Waals surface area contributed by atoms with E-state index in [-0.39, 0.29) is 42.3 Å². The summed E-state index contributed by atoms with van der Waals surface area (Å²) in [6.45, 7) is 1.79. The van der Waals surface area contributed by atoms with Crippen molar-refractivity contribution < 1.29 is 9.59 Å². The zero-order valence-corrected chi connectivity index (χ0v) is 17.8. The van der Waals surface area contributed by atoms with Crippen LogP contribution < -0.4 is 5.32 Å². The summed E-state index contributed by atoms with van der Waals surface area (Å²) in [5.41, 5.74) is 0.580. The number of hydrogen-bond acceptors (Lipinski definition) is 3. The summed E-state index contributed by atoms with van der Waals surface area (Å²) in [7, 11) is 1.89. The molecular formula is C21H29Cl2N3O2. The molecule has 4 atom stereocenters. The standard InChI is InChI=1S/C21H28ClN3O2.ClH/c1-24(17-9-10-23-13-17)21(27)19-12-14-5-2-3-8-18(14)25(19)20(26)15-6-4-7-16(22)11-15;/h4,6-7,11,14,17-19,23H,2-3,5,8-10,12-13H2,1H3;1H. The number of hydrogen-bond donors (Lipinski definition) is 1. The van der Waals surface area contributed by atoms with Crippen molar-refractivity contribution in [3.05, 3.63) is 34.9 Å². The molecule has 2 saturated heterocycles. The Morgan fingerprint density at radius 1 is 1.21 bits per heavy atom. The van der Waals surface area contributed by atoms with Crippen molar-refractivity contribution in [3.8, 4) is 0 Å². The fourth-order valence-corrected chi connectivity index (χ4v) is 5.32. The van der Waals surface area contributed by atoms with Gasteiger partial charge < -0.3 is 15.1 Å². The minimum atomic E-state index is -0.352. The Morgan fingerprint density at radius 3 is 2.71 bits per heavy atom. The summed E-state index contributed by atoms with van der Waals surface area (Å²) in [5, 5.41) is 3.88. The molecule has 0 spiro atoms. The van der Waals surface area contributed by atoms with E-state index in [2.05, 4.69) is 5.32 Å². The molecule has 28 heavy (non-hydrogen) atoms. The minimum absolute atomic E-state index is 0. The van der Waals surface area contributed by atoms with Gasteiger partial charge in [-0.15, -0.1) is 12.4 Å². The van der Waals surface area contributed by atoms with Gasteiger partial charge in [0.05, 0.1) is 0 Å². The average Bonchev–Trinajstić information content (AvgIpc) is 3.34. The fourth-order valence-electron chi connectivity index (χ4n) is 5.13. The van der Waals surface area contributed by atoms with Crippen LogP contribution in [0.2, 0.25) is 5.02 Å². The number of nitrogens with zero attached hydrogens (tertiary/aromatic N) is 2. The van der Waals surface area contributed by atoms with Gasteiger partial charge in [0.1, 0.15) is 6.04 Å². The summed E-state index contributed by atoms with van der Waals surface area (Å²) < 4.78 is 0. The zero-order chi connectivity index (χ0) is 19.0. The van der Waals surface area contributed by atoms with Crippen LogP contribution in [0.15, 0.2) is 24.3 Å². The Hall–Kier alpha value is -1.30. The second kappa shape index (κ2) is 9.02. The van der Waals surface area contributed by atoms with Crippen LogP contribution in [0.5, 0.6) is 0 Å². The van der Waals surface area contributed by atoms with Crippen LogP contribution in [0.1, 0.15) is 48.9 Å². The molecule has 1 N–H and O–H groups in total. The summed E-state index contributed by atoms with van der Waals surface area (Å²) >= 11 is 6.12. The number of amides is 2. The number of rotatable bonds is 3. The summed E-state index contributed by atoms with van der Waals surface area (Å²) in [6.07, 6.45) is 6.20. The van der Waals surface area contributed by atoms with Gasteiger partial charge in [0, 0.05) is 36.3 Å². The molecule has 2 amide bonds. The predicted octanol–water partition coefficient (Wildman–Crippen LogP) is 3.36. The van der Waals surface area contributed by atoms with E-state index in [0.717, 1.165) is 45.2 Å². The number of fused-ring (bicyclic) bond motifs is 1. The van der Waals surface area contributed by atoms with E-state index in [1.54, 1.807) is 24.3 Å². The van der Waals surface area contributed by atoms with E-state index < -0.39 is 0 Å². The van der Waals surface area contributed by atoms with Crippen molar-refractivity contribution in [1.82, 2.24) is 15.1 Å². The molecule has 3 fully saturated rings. The highest BCUT2D eigenvalue weighted by atomic mass is 35.5. The van der Waals surface area contributed by atoms with Gasteiger partial charge in [-0.05, 0) is 56.3 Å². The second-order valence-corrected chi connectivity index (χ2v) is 8.62. The highest BCUT2D eigenvalue weighted by Gasteiger charge is 2.48. The largest absolute Gasteiger partial charge is 0.340 e. The van der Waals surface area contributed by atoms with E-state index in [9.17, 15) is 9.59 Å². The fraction of sp³-hybridized carbons (Fsp3) is 0.619. The quantitative estimate of drug-likeness (QED) is 0.807. The van der Waals surface area contributed by atoms with Gasteiger partial charge in [0.25, 0.3) is 5.91 Å². The molecule has 0 radical (unpaired) electrons. The molecule has 0 bridgehead atoms. The van der Waals surface area contributed by atoms with E-state index in [1.807, 2.05) is 16.8 Å². The van der Waals surface area contributed by atoms with Crippen molar-refractivity contribution in [1.29, 1.82) is 0 Å². The third-order valence-corrected chi connectivity index (χ3v) is 6.84. The Balaban J connectivity index is 0.00000225. The van der Waals surface area contributed by atoms with E-state index in [4.69, 9.17) is 11.6 Å². The Kier molecular flexibility index (Phi) is 6.89. The van der Waals surface area contributed by atoms with Gasteiger partial charge >= 0.3 is 0 Å². The first kappa shape index (κ1) is 21.4. The maximum Gasteiger partial charge on any atom is 0.254 e. The Bertz CT molecular complexity index is 723. The zero-order valence-electron chi connectivity index (χ0n) is 16.3. The predicted molar refractivity (Wildman–Crippen MR) is 113 cm³/mol. The lowest BCUT2D eigenvalue weighted by atomic mass is 9.84. The minimum Gasteiger partial charge on any atom is -0.340 e. The number of nitrogens with one attached hydrogen (secondary N) is 1. The summed E-state index contributed by atoms with van der Waals surface area (Å²) in [6, 6.07) is 7.14. The van der Waals surface area contributed by atoms with E-state index in [1.165, 1.54) is 6.42 Å². The number of halogens is 2. The van der Waals surface area contributed by atoms with Crippen LogP contribution in [-0.4, -0.2) is 59.9 Å². The summed E-state index contributed by atoms with van der Waals surface area (Å²) in [5.74, 6) is 0.475. The molecule has 2 aliphatic heterocycles. The first-order valence-corrected chi connectivity index (χ1v) is 10.5. The molecule has 3 aliphatic rings. The lowest BCUT2D eigenvalue weighted by Gasteiger charge is -2.35. The molecule has 1 aromatic carbocycles. The van der Waals surface area contributed by atoms with Crippen LogP contribution in [0.3, 0.4) is 0 Å². The maximum absolute atomic E-state index is 13.4. The van der Waals surface area contributed by atoms with Gasteiger partial charge in [-0.1, -0.05) is 30.5 Å². The highest BCUT2D eigenvalue weighted by Crippen LogP contribution is 2.41. The van der Waals surface area contributed by atoms with Crippen LogP contribution in [-0.2, 0) is 4.79 Å². The third kappa shape index (κ3) is 4.03. The number of carbonyl (C=O) groups is 2. The molecule has 0 aromatic heterocycles. The first-order valence-electron chi connectivity index (χ1n) is 10.1. The first-order chi connectivity index (χ1) is 13.1. The number of carbonyl (C=O) groups excluding carboxylic acids is 2. The Morgan fingerprint density at radius 2 is 2.00 bits per heavy atom. The normalized spacial score (nSPS) is 29.1. The van der Waals surface area contributed by atoms with Gasteiger partial charge in [-0.25, -0.2) is 0 Å². The molecule has 5 nitrogen and oxygen atoms in total. The third-order valence-electron chi connectivity index (χ3n) is 6.61. The molecule has 1 saturated carbocycles. The molecule has 1 aromatic rings. The second-order valence-electron chi connectivity index (χ2n) is 8.18. The monoisotopic (exact) mass is 425 g/mol. The van der Waals surface area contributed by atoms with Crippen molar-refractivity contribution in [2.24, 2.45) is 5.92 Å². The molecule has 4 rings (SSSR count). The summed E-state index contributed by atoms with van der Waals surface area (Å²) in [4.78, 5) is 30.5. The van der Waals surface area contributed by atoms with Gasteiger partial charge in [-0.3, -0.25) is 9.59 Å². The van der Waals surface area contributed by atoms with Crippen LogP contribution >= 0.6 is 24.0 Å². The molecule has 4 unspecified atom stereocenters. The highest BCUT2D eigenvalue weighted by molar-refractivity contribution is 6.31. The Labute approximate surface area is 178 Å². The topological polar surface area (TPSA) is 52.7 Å². The lowest BCUT2D eigenvalue weighted by Crippen LogP contribution is -2.52. The molecule has 2 heterocycles. The number of likely N-dealkylation sites (tertiary alicyclic amines) is 1. The van der Waals surface area contributed by atoms with E-state index >= 15 is 0 Å². The lowest BCUT2D eigenvalue weighted by molar-refractivity contribution is -0.136. The average molecular weight is 426 g/mol. The molecule has 154 valence electrons. The van der Waals surface area contributed by atoms with Gasteiger partial charge in [-0.2, -0.15) is 0 Å². The van der Waals surface area contributed by atoms with Crippen molar-refractivity contribution >= 4 is 35.8 Å². The maximum atomic E-state index is 13.4. The number of likely N-dealkylation sites (N-methyl/N-ethyl adjacent to an activating group) is 1. The molecule has 1 aliphatic carbocycles. The van der Waals surface area contributed by atoms with E-state index in [0.29, 0.717) is 16.5 Å². The van der Waals surface area contributed by atoms with Crippen LogP contribution in [0.4, 0.5) is 0 Å². The number of benzene rings is 1. The smallest absolute Gasteiger partial charge is 0.254 e. The molecule has 7 heteroatoms. The van der Waals surface area contributed by atoms with Crippen LogP contribution in [0, 0.1) is 5.92 Å². The van der Waals surface area contributed by atoms with Gasteiger partial charge in [0.2, 0.25) is 5.91 Å². The van der Waals surface area contributed by atoms with Gasteiger partial charge in [0.15, 0.2) is 0 Å². The van der Waals surface area contributed by atoms with Crippen molar-refractivity contribution in [2.45, 2.75) is 56.7 Å². The van der Waals surface area contributed by atoms with Crippen molar-refractivity contribution in [2.75, 3.05) is 20.1 Å². The van der Waals surface area contributed by atoms with Crippen molar-refractivity contribution in [3.63, 3.8) is 0 Å².